The zero-order chi connectivity index (χ0) is 15.6. The molecule has 23 heavy (non-hydrogen) atoms. The Morgan fingerprint density at radius 1 is 1.00 bits per heavy atom. The van der Waals surface area contributed by atoms with Crippen LogP contribution in [0.3, 0.4) is 0 Å². The Bertz CT molecular complexity index is 797. The van der Waals surface area contributed by atoms with Crippen LogP contribution < -0.4 is 0 Å². The van der Waals surface area contributed by atoms with Gasteiger partial charge in [-0.05, 0) is 30.4 Å². The molecule has 4 heteroatoms. The first-order valence-corrected chi connectivity index (χ1v) is 8.06. The Balaban J connectivity index is 1.67. The lowest BCUT2D eigenvalue weighted by Gasteiger charge is -2.21. The molecule has 0 spiro atoms. The van der Waals surface area contributed by atoms with E-state index in [4.69, 9.17) is 0 Å². The van der Waals surface area contributed by atoms with E-state index in [1.165, 1.54) is 5.56 Å². The van der Waals surface area contributed by atoms with Crippen LogP contribution in [-0.4, -0.2) is 20.1 Å². The van der Waals surface area contributed by atoms with Crippen LogP contribution in [0.15, 0.2) is 60.8 Å². The quantitative estimate of drug-likeness (QED) is 0.737. The fourth-order valence-corrected chi connectivity index (χ4v) is 3.37. The van der Waals surface area contributed by atoms with E-state index in [0.717, 1.165) is 36.1 Å². The predicted molar refractivity (Wildman–Crippen MR) is 88.8 cm³/mol. The van der Waals surface area contributed by atoms with Crippen molar-refractivity contribution in [2.75, 3.05) is 0 Å². The van der Waals surface area contributed by atoms with E-state index in [1.54, 1.807) is 0 Å². The summed E-state index contributed by atoms with van der Waals surface area (Å²) in [7, 11) is 0. The minimum Gasteiger partial charge on any atom is -0.386 e. The van der Waals surface area contributed by atoms with Gasteiger partial charge in [0.05, 0.1) is 12.2 Å². The van der Waals surface area contributed by atoms with Gasteiger partial charge in [-0.25, -0.2) is 4.68 Å². The zero-order valence-electron chi connectivity index (χ0n) is 12.8. The van der Waals surface area contributed by atoms with Gasteiger partial charge in [0.25, 0.3) is 0 Å². The number of fused-ring (bicyclic) bond motifs is 1. The molecule has 4 nitrogen and oxygen atoms in total. The topological polar surface area (TPSA) is 50.9 Å². The zero-order valence-corrected chi connectivity index (χ0v) is 12.8. The second-order valence-electron chi connectivity index (χ2n) is 6.05. The number of benzene rings is 2. The highest BCUT2D eigenvalue weighted by molar-refractivity contribution is 5.57. The summed E-state index contributed by atoms with van der Waals surface area (Å²) in [6.07, 6.45) is 4.34. The number of aromatic nitrogens is 3. The number of hydrogen-bond acceptors (Lipinski definition) is 3. The molecule has 4 rings (SSSR count). The highest BCUT2D eigenvalue weighted by Gasteiger charge is 2.28. The van der Waals surface area contributed by atoms with Gasteiger partial charge in [-0.15, -0.1) is 5.10 Å². The standard InChI is InChI=1S/C19H19N3O/c23-19-16-11-5-4-7-14(16)10-6-12-18(19)22-13-17(20-21-22)15-8-2-1-3-9-15/h1-5,7-9,11,13,18-19,23H,6,10,12H2/t18-,19+/m1/s1. The Labute approximate surface area is 135 Å². The van der Waals surface area contributed by atoms with Crippen LogP contribution >= 0.6 is 0 Å². The highest BCUT2D eigenvalue weighted by atomic mass is 16.3. The molecule has 1 aromatic heterocycles. The molecule has 2 aromatic carbocycles. The molecular formula is C19H19N3O. The van der Waals surface area contributed by atoms with Crippen molar-refractivity contribution in [1.29, 1.82) is 0 Å². The summed E-state index contributed by atoms with van der Waals surface area (Å²) >= 11 is 0. The van der Waals surface area contributed by atoms with Crippen molar-refractivity contribution >= 4 is 0 Å². The van der Waals surface area contributed by atoms with Gasteiger partial charge in [-0.1, -0.05) is 59.8 Å². The van der Waals surface area contributed by atoms with E-state index >= 15 is 0 Å². The molecule has 1 aliphatic carbocycles. The second-order valence-corrected chi connectivity index (χ2v) is 6.05. The number of aliphatic hydroxyl groups excluding tert-OH is 1. The third kappa shape index (κ3) is 2.66. The van der Waals surface area contributed by atoms with E-state index in [9.17, 15) is 5.11 Å². The van der Waals surface area contributed by atoms with Crippen molar-refractivity contribution in [3.05, 3.63) is 71.9 Å². The largest absolute Gasteiger partial charge is 0.386 e. The third-order valence-corrected chi connectivity index (χ3v) is 4.60. The smallest absolute Gasteiger partial charge is 0.113 e. The lowest BCUT2D eigenvalue weighted by atomic mass is 9.99. The first-order chi connectivity index (χ1) is 11.3. The summed E-state index contributed by atoms with van der Waals surface area (Å²) in [4.78, 5) is 0. The minimum absolute atomic E-state index is 0.0661. The summed E-state index contributed by atoms with van der Waals surface area (Å²) in [5.41, 5.74) is 4.15. The van der Waals surface area contributed by atoms with Crippen LogP contribution in [0.5, 0.6) is 0 Å². The summed E-state index contributed by atoms with van der Waals surface area (Å²) in [5.74, 6) is 0. The van der Waals surface area contributed by atoms with Crippen molar-refractivity contribution in [2.45, 2.75) is 31.4 Å². The summed E-state index contributed by atoms with van der Waals surface area (Å²) in [6, 6.07) is 18.1. The lowest BCUT2D eigenvalue weighted by molar-refractivity contribution is 0.102. The van der Waals surface area contributed by atoms with Gasteiger partial charge in [-0.2, -0.15) is 0 Å². The number of aryl methyl sites for hydroxylation is 1. The van der Waals surface area contributed by atoms with Crippen LogP contribution in [0.1, 0.15) is 36.1 Å². The maximum absolute atomic E-state index is 10.8. The van der Waals surface area contributed by atoms with Crippen LogP contribution in [0.2, 0.25) is 0 Å². The molecule has 3 aromatic rings. The molecular weight excluding hydrogens is 286 g/mol. The minimum atomic E-state index is -0.543. The molecule has 0 bridgehead atoms. The van der Waals surface area contributed by atoms with Gasteiger partial charge < -0.3 is 5.11 Å². The first-order valence-electron chi connectivity index (χ1n) is 8.06. The van der Waals surface area contributed by atoms with Crippen molar-refractivity contribution in [2.24, 2.45) is 0 Å². The first kappa shape index (κ1) is 14.2. The van der Waals surface area contributed by atoms with Crippen LogP contribution in [0, 0.1) is 0 Å². The molecule has 0 saturated carbocycles. The number of hydrogen-bond donors (Lipinski definition) is 1. The molecule has 0 radical (unpaired) electrons. The molecule has 1 aliphatic rings. The van der Waals surface area contributed by atoms with Gasteiger partial charge in [0, 0.05) is 5.56 Å². The van der Waals surface area contributed by atoms with Crippen LogP contribution in [0.25, 0.3) is 11.3 Å². The summed E-state index contributed by atoms with van der Waals surface area (Å²) < 4.78 is 1.83. The Morgan fingerprint density at radius 3 is 2.65 bits per heavy atom. The van der Waals surface area contributed by atoms with Gasteiger partial charge in [0.2, 0.25) is 0 Å². The molecule has 116 valence electrons. The normalized spacial score (nSPS) is 20.7. The van der Waals surface area contributed by atoms with E-state index in [0.29, 0.717) is 0 Å². The molecule has 0 unspecified atom stereocenters. The Morgan fingerprint density at radius 2 is 1.78 bits per heavy atom. The van der Waals surface area contributed by atoms with Crippen molar-refractivity contribution in [1.82, 2.24) is 15.0 Å². The monoisotopic (exact) mass is 305 g/mol. The Kier molecular flexibility index (Phi) is 3.67. The van der Waals surface area contributed by atoms with Crippen molar-refractivity contribution < 1.29 is 5.11 Å². The molecule has 0 fully saturated rings. The average molecular weight is 305 g/mol. The Hall–Kier alpha value is -2.46. The second kappa shape index (κ2) is 5.97. The predicted octanol–water partition coefficient (Wildman–Crippen LogP) is 3.56. The van der Waals surface area contributed by atoms with E-state index in [-0.39, 0.29) is 6.04 Å². The summed E-state index contributed by atoms with van der Waals surface area (Å²) in [5, 5.41) is 19.4. The fraction of sp³-hybridized carbons (Fsp3) is 0.263. The van der Waals surface area contributed by atoms with Crippen molar-refractivity contribution in [3.63, 3.8) is 0 Å². The molecule has 0 amide bonds. The SMILES string of the molecule is O[C@H]1c2ccccc2CCC[C@H]1n1cc(-c2ccccc2)nn1. The van der Waals surface area contributed by atoms with Gasteiger partial charge in [0.15, 0.2) is 0 Å². The van der Waals surface area contributed by atoms with Crippen LogP contribution in [-0.2, 0) is 6.42 Å². The highest BCUT2D eigenvalue weighted by Crippen LogP contribution is 2.36. The van der Waals surface area contributed by atoms with Crippen LogP contribution in [0.4, 0.5) is 0 Å². The number of rotatable bonds is 2. The maximum atomic E-state index is 10.8. The molecule has 0 saturated heterocycles. The van der Waals surface area contributed by atoms with Gasteiger partial charge in [-0.3, -0.25) is 0 Å². The molecule has 0 aliphatic heterocycles. The lowest BCUT2D eigenvalue weighted by Crippen LogP contribution is -2.18. The summed E-state index contributed by atoms with van der Waals surface area (Å²) in [6.45, 7) is 0. The maximum Gasteiger partial charge on any atom is 0.113 e. The van der Waals surface area contributed by atoms with E-state index in [1.807, 2.05) is 59.4 Å². The average Bonchev–Trinajstić information content (AvgIpc) is 3.03. The third-order valence-electron chi connectivity index (χ3n) is 4.60. The fourth-order valence-electron chi connectivity index (χ4n) is 3.37. The molecule has 2 atom stereocenters. The molecule has 1 N–H and O–H groups in total. The van der Waals surface area contributed by atoms with E-state index < -0.39 is 6.10 Å². The van der Waals surface area contributed by atoms with E-state index in [2.05, 4.69) is 16.4 Å². The number of aliphatic hydroxyl groups is 1. The molecule has 1 heterocycles. The van der Waals surface area contributed by atoms with Crippen molar-refractivity contribution in [3.8, 4) is 11.3 Å². The van der Waals surface area contributed by atoms with Gasteiger partial charge in [0.1, 0.15) is 11.8 Å². The number of nitrogens with zero attached hydrogens (tertiary/aromatic N) is 3. The van der Waals surface area contributed by atoms with Gasteiger partial charge >= 0.3 is 0 Å².